The van der Waals surface area contributed by atoms with Gasteiger partial charge >= 0.3 is 5.97 Å². The van der Waals surface area contributed by atoms with E-state index in [9.17, 15) is 18.5 Å². The smallest absolute Gasteiger partial charge is 0.335 e. The van der Waals surface area contributed by atoms with Crippen molar-refractivity contribution in [2.24, 2.45) is 0 Å². The van der Waals surface area contributed by atoms with Crippen LogP contribution in [0.5, 0.6) is 5.75 Å². The Morgan fingerprint density at radius 2 is 2.08 bits per heavy atom. The van der Waals surface area contributed by atoms with Crippen LogP contribution in [-0.4, -0.2) is 30.7 Å². The van der Waals surface area contributed by atoms with E-state index in [1.54, 1.807) is 0 Å². The number of fused-ring (bicyclic) bond motifs is 1. The molecule has 2 aromatic carbocycles. The molecule has 132 valence electrons. The standard InChI is InChI=1S/C17H12N2O6S/c1-26(22,23)12-3-5-14(11(6-12)8-18)24-9-16-19-13-4-2-10(17(20)21)7-15(13)25-16/h2-7H,9H2,1H3,(H,20,21). The van der Waals surface area contributed by atoms with E-state index in [0.29, 0.717) is 11.1 Å². The van der Waals surface area contributed by atoms with Gasteiger partial charge in [0, 0.05) is 6.26 Å². The van der Waals surface area contributed by atoms with E-state index in [4.69, 9.17) is 14.3 Å². The fourth-order valence-electron chi connectivity index (χ4n) is 2.26. The predicted octanol–water partition coefficient (Wildman–Crippen LogP) is 2.38. The maximum Gasteiger partial charge on any atom is 0.335 e. The summed E-state index contributed by atoms with van der Waals surface area (Å²) >= 11 is 0. The Morgan fingerprint density at radius 1 is 1.31 bits per heavy atom. The molecule has 1 N–H and O–H groups in total. The van der Waals surface area contributed by atoms with Crippen LogP contribution in [0.4, 0.5) is 0 Å². The quantitative estimate of drug-likeness (QED) is 0.722. The van der Waals surface area contributed by atoms with Crippen molar-refractivity contribution in [2.45, 2.75) is 11.5 Å². The second kappa shape index (κ2) is 6.50. The van der Waals surface area contributed by atoms with Crippen LogP contribution in [0.1, 0.15) is 21.8 Å². The third-order valence-corrected chi connectivity index (χ3v) is 4.64. The van der Waals surface area contributed by atoms with Gasteiger partial charge in [0.25, 0.3) is 0 Å². The molecule has 3 aromatic rings. The first-order chi connectivity index (χ1) is 12.3. The van der Waals surface area contributed by atoms with E-state index in [1.165, 1.54) is 36.4 Å². The molecule has 0 spiro atoms. The Bertz CT molecular complexity index is 1160. The number of hydrogen-bond donors (Lipinski definition) is 1. The van der Waals surface area contributed by atoms with Crippen LogP contribution in [0, 0.1) is 11.3 Å². The van der Waals surface area contributed by atoms with Gasteiger partial charge in [-0.2, -0.15) is 5.26 Å². The van der Waals surface area contributed by atoms with Gasteiger partial charge in [-0.15, -0.1) is 0 Å². The summed E-state index contributed by atoms with van der Waals surface area (Å²) in [4.78, 5) is 15.2. The maximum absolute atomic E-state index is 11.5. The maximum atomic E-state index is 11.5. The lowest BCUT2D eigenvalue weighted by atomic mass is 10.2. The number of carboxylic acid groups (broad SMARTS) is 1. The molecule has 8 nitrogen and oxygen atoms in total. The van der Waals surface area contributed by atoms with E-state index >= 15 is 0 Å². The molecule has 0 saturated carbocycles. The number of hydrogen-bond acceptors (Lipinski definition) is 7. The summed E-state index contributed by atoms with van der Waals surface area (Å²) in [6, 6.07) is 10.1. The van der Waals surface area contributed by atoms with E-state index in [1.807, 2.05) is 6.07 Å². The summed E-state index contributed by atoms with van der Waals surface area (Å²) in [6.07, 6.45) is 1.05. The van der Waals surface area contributed by atoms with Gasteiger partial charge < -0.3 is 14.3 Å². The molecule has 0 atom stereocenters. The topological polar surface area (TPSA) is 130 Å². The molecule has 0 fully saturated rings. The average molecular weight is 372 g/mol. The Balaban J connectivity index is 1.84. The summed E-state index contributed by atoms with van der Waals surface area (Å²) in [5.74, 6) is -0.697. The molecule has 0 unspecified atom stereocenters. The first kappa shape index (κ1) is 17.4. The molecule has 0 aliphatic carbocycles. The van der Waals surface area contributed by atoms with Crippen molar-refractivity contribution in [3.05, 3.63) is 53.4 Å². The number of oxazole rings is 1. The minimum atomic E-state index is -3.43. The fourth-order valence-corrected chi connectivity index (χ4v) is 2.91. The van der Waals surface area contributed by atoms with Gasteiger partial charge in [0.15, 0.2) is 22.0 Å². The molecule has 1 aromatic heterocycles. The van der Waals surface area contributed by atoms with Crippen LogP contribution < -0.4 is 4.74 Å². The Morgan fingerprint density at radius 3 is 2.73 bits per heavy atom. The number of aromatic carboxylic acids is 1. The number of ether oxygens (including phenoxy) is 1. The van der Waals surface area contributed by atoms with Crippen molar-refractivity contribution in [3.63, 3.8) is 0 Å². The van der Waals surface area contributed by atoms with Gasteiger partial charge in [0.05, 0.1) is 16.0 Å². The van der Waals surface area contributed by atoms with Crippen LogP contribution in [0.2, 0.25) is 0 Å². The number of carboxylic acids is 1. The summed E-state index contributed by atoms with van der Waals surface area (Å²) in [6.45, 7) is -0.107. The first-order valence-electron chi connectivity index (χ1n) is 7.27. The van der Waals surface area contributed by atoms with Crippen LogP contribution in [0.15, 0.2) is 45.7 Å². The zero-order valence-corrected chi connectivity index (χ0v) is 14.3. The highest BCUT2D eigenvalue weighted by Gasteiger charge is 2.14. The molecule has 0 saturated heterocycles. The Labute approximate surface area is 148 Å². The van der Waals surface area contributed by atoms with Crippen molar-refractivity contribution in [2.75, 3.05) is 6.26 Å². The van der Waals surface area contributed by atoms with Gasteiger partial charge in [0.2, 0.25) is 5.89 Å². The summed E-state index contributed by atoms with van der Waals surface area (Å²) in [5, 5.41) is 18.2. The largest absolute Gasteiger partial charge is 0.482 e. The Hall–Kier alpha value is -3.38. The molecule has 0 radical (unpaired) electrons. The summed E-state index contributed by atoms with van der Waals surface area (Å²) in [5.41, 5.74) is 0.916. The van der Waals surface area contributed by atoms with Gasteiger partial charge in [-0.1, -0.05) is 0 Å². The zero-order valence-electron chi connectivity index (χ0n) is 13.5. The van der Waals surface area contributed by atoms with Crippen molar-refractivity contribution in [1.29, 1.82) is 5.26 Å². The number of benzene rings is 2. The van der Waals surface area contributed by atoms with Crippen LogP contribution >= 0.6 is 0 Å². The lowest BCUT2D eigenvalue weighted by Crippen LogP contribution is -2.01. The molecule has 0 bridgehead atoms. The molecular weight excluding hydrogens is 360 g/mol. The third kappa shape index (κ3) is 3.50. The van der Waals surface area contributed by atoms with Crippen molar-refractivity contribution < 1.29 is 27.5 Å². The average Bonchev–Trinajstić information content (AvgIpc) is 3.00. The molecule has 9 heteroatoms. The number of rotatable bonds is 5. The minimum Gasteiger partial charge on any atom is -0.482 e. The van der Waals surface area contributed by atoms with Crippen LogP contribution in [0.25, 0.3) is 11.1 Å². The zero-order chi connectivity index (χ0) is 18.9. The normalized spacial score (nSPS) is 11.2. The van der Waals surface area contributed by atoms with Crippen LogP contribution in [-0.2, 0) is 16.4 Å². The van der Waals surface area contributed by atoms with Gasteiger partial charge in [-0.25, -0.2) is 18.2 Å². The van der Waals surface area contributed by atoms with Gasteiger partial charge in [-0.3, -0.25) is 0 Å². The number of sulfone groups is 1. The van der Waals surface area contributed by atoms with Gasteiger partial charge in [0.1, 0.15) is 17.3 Å². The molecule has 3 rings (SSSR count). The summed E-state index contributed by atoms with van der Waals surface area (Å²) in [7, 11) is -3.43. The van der Waals surface area contributed by atoms with Gasteiger partial charge in [-0.05, 0) is 36.4 Å². The molecule has 26 heavy (non-hydrogen) atoms. The third-order valence-electron chi connectivity index (χ3n) is 3.53. The highest BCUT2D eigenvalue weighted by Crippen LogP contribution is 2.24. The second-order valence-electron chi connectivity index (χ2n) is 5.43. The van der Waals surface area contributed by atoms with Crippen molar-refractivity contribution in [3.8, 4) is 11.8 Å². The molecule has 0 aliphatic rings. The number of nitrogens with zero attached hydrogens (tertiary/aromatic N) is 2. The van der Waals surface area contributed by atoms with E-state index in [-0.39, 0.29) is 34.3 Å². The minimum absolute atomic E-state index is 0.0180. The first-order valence-corrected chi connectivity index (χ1v) is 9.17. The van der Waals surface area contributed by atoms with E-state index in [0.717, 1.165) is 6.26 Å². The molecule has 0 amide bonds. The monoisotopic (exact) mass is 372 g/mol. The number of carbonyl (C=O) groups is 1. The fraction of sp³-hybridized carbons (Fsp3) is 0.118. The number of aromatic nitrogens is 1. The van der Waals surface area contributed by atoms with Crippen LogP contribution in [0.3, 0.4) is 0 Å². The molecular formula is C17H12N2O6S. The van der Waals surface area contributed by atoms with E-state index < -0.39 is 15.8 Å². The predicted molar refractivity (Wildman–Crippen MR) is 89.6 cm³/mol. The van der Waals surface area contributed by atoms with Crippen molar-refractivity contribution >= 4 is 26.9 Å². The number of nitriles is 1. The van der Waals surface area contributed by atoms with E-state index in [2.05, 4.69) is 4.98 Å². The lowest BCUT2D eigenvalue weighted by Gasteiger charge is -2.07. The second-order valence-corrected chi connectivity index (χ2v) is 7.44. The molecule has 1 heterocycles. The summed E-state index contributed by atoms with van der Waals surface area (Å²) < 4.78 is 34.1. The highest BCUT2D eigenvalue weighted by molar-refractivity contribution is 7.90. The highest BCUT2D eigenvalue weighted by atomic mass is 32.2. The molecule has 0 aliphatic heterocycles. The lowest BCUT2D eigenvalue weighted by molar-refractivity contribution is 0.0697. The Kier molecular flexibility index (Phi) is 4.36. The SMILES string of the molecule is CS(=O)(=O)c1ccc(OCc2nc3ccc(C(=O)O)cc3o2)c(C#N)c1. The van der Waals surface area contributed by atoms with Crippen molar-refractivity contribution in [1.82, 2.24) is 4.98 Å².